The molecule has 158 valence electrons. The standard InChI is InChI=1S/C22H19F2N5O2/c1-22(16(11-25)12-26)10-19(30)29(21(31)28(22)2)20-17(23)8-15(9-18(20)24)6-5-14-4-3-7-27-13-14/h3-4,7-9,11-13,25H,10,26H2,1-2H3/b16-12+,25-11?/t22-/m0/s1. The molecule has 3 N–H and O–H groups in total. The highest BCUT2D eigenvalue weighted by atomic mass is 19.1. The summed E-state index contributed by atoms with van der Waals surface area (Å²) in [6.07, 6.45) is 4.82. The molecule has 1 aliphatic heterocycles. The maximum atomic E-state index is 14.8. The van der Waals surface area contributed by atoms with Crippen molar-refractivity contribution < 1.29 is 18.4 Å². The zero-order valence-electron chi connectivity index (χ0n) is 16.8. The van der Waals surface area contributed by atoms with Gasteiger partial charge in [-0.1, -0.05) is 11.8 Å². The normalized spacial score (nSPS) is 19.2. The number of anilines is 1. The Kier molecular flexibility index (Phi) is 5.83. The number of imide groups is 1. The van der Waals surface area contributed by atoms with Gasteiger partial charge >= 0.3 is 6.03 Å². The van der Waals surface area contributed by atoms with Gasteiger partial charge in [-0.25, -0.2) is 18.5 Å². The van der Waals surface area contributed by atoms with Crippen molar-refractivity contribution in [1.82, 2.24) is 9.88 Å². The Bertz CT molecular complexity index is 1130. The van der Waals surface area contributed by atoms with E-state index in [9.17, 15) is 18.4 Å². The monoisotopic (exact) mass is 423 g/mol. The Morgan fingerprint density at radius 3 is 2.45 bits per heavy atom. The molecule has 0 aliphatic carbocycles. The highest BCUT2D eigenvalue weighted by molar-refractivity contribution is 6.17. The Hall–Kier alpha value is -4.06. The van der Waals surface area contributed by atoms with Gasteiger partial charge in [-0.2, -0.15) is 0 Å². The van der Waals surface area contributed by atoms with E-state index in [1.807, 2.05) is 0 Å². The predicted octanol–water partition coefficient (Wildman–Crippen LogP) is 2.80. The molecule has 0 spiro atoms. The average Bonchev–Trinajstić information content (AvgIpc) is 2.74. The fourth-order valence-electron chi connectivity index (χ4n) is 3.29. The molecule has 0 bridgehead atoms. The summed E-state index contributed by atoms with van der Waals surface area (Å²) in [4.78, 5) is 31.2. The van der Waals surface area contributed by atoms with Gasteiger partial charge in [-0.3, -0.25) is 9.78 Å². The van der Waals surface area contributed by atoms with Crippen LogP contribution in [0, 0.1) is 28.9 Å². The van der Waals surface area contributed by atoms with E-state index < -0.39 is 34.8 Å². The largest absolute Gasteiger partial charge is 0.404 e. The zero-order chi connectivity index (χ0) is 22.8. The molecule has 0 radical (unpaired) electrons. The van der Waals surface area contributed by atoms with Crippen LogP contribution >= 0.6 is 0 Å². The number of nitrogens with zero attached hydrogens (tertiary/aromatic N) is 3. The van der Waals surface area contributed by atoms with E-state index in [-0.39, 0.29) is 17.6 Å². The summed E-state index contributed by atoms with van der Waals surface area (Å²) in [6.45, 7) is 1.55. The molecule has 31 heavy (non-hydrogen) atoms. The third-order valence-corrected chi connectivity index (χ3v) is 5.17. The van der Waals surface area contributed by atoms with Crippen LogP contribution in [0.1, 0.15) is 24.5 Å². The molecule has 7 nitrogen and oxygen atoms in total. The smallest absolute Gasteiger partial charge is 0.332 e. The maximum absolute atomic E-state index is 14.8. The minimum Gasteiger partial charge on any atom is -0.404 e. The van der Waals surface area contributed by atoms with Crippen LogP contribution in [0.3, 0.4) is 0 Å². The molecule has 1 aliphatic rings. The number of pyridine rings is 1. The van der Waals surface area contributed by atoms with E-state index >= 15 is 0 Å². The molecule has 2 aromatic rings. The van der Waals surface area contributed by atoms with Crippen molar-refractivity contribution in [3.05, 3.63) is 71.2 Å². The Morgan fingerprint density at radius 2 is 1.90 bits per heavy atom. The highest BCUT2D eigenvalue weighted by Crippen LogP contribution is 2.36. The third-order valence-electron chi connectivity index (χ3n) is 5.17. The predicted molar refractivity (Wildman–Crippen MR) is 111 cm³/mol. The molecule has 2 heterocycles. The first kappa shape index (κ1) is 21.6. The van der Waals surface area contributed by atoms with E-state index in [0.29, 0.717) is 10.5 Å². The van der Waals surface area contributed by atoms with Gasteiger partial charge in [0.2, 0.25) is 5.91 Å². The van der Waals surface area contributed by atoms with E-state index in [4.69, 9.17) is 11.1 Å². The second-order valence-electron chi connectivity index (χ2n) is 7.07. The number of halogens is 2. The minimum atomic E-state index is -1.22. The van der Waals surface area contributed by atoms with Crippen molar-refractivity contribution in [2.45, 2.75) is 18.9 Å². The number of nitrogens with two attached hydrogens (primary N) is 1. The van der Waals surface area contributed by atoms with E-state index in [1.54, 1.807) is 25.3 Å². The van der Waals surface area contributed by atoms with Crippen LogP contribution in [0.15, 0.2) is 48.4 Å². The number of rotatable bonds is 3. The van der Waals surface area contributed by atoms with Crippen molar-refractivity contribution in [1.29, 1.82) is 5.41 Å². The number of carbonyl (C=O) groups is 2. The topological polar surface area (TPSA) is 103 Å². The zero-order valence-corrected chi connectivity index (χ0v) is 16.8. The SMILES string of the molecule is CN1C(=O)N(c2c(F)cc(C#Cc3cccnc3)cc2F)C(=O)C[C@@]1(C)/C(C=N)=C/N. The van der Waals surface area contributed by atoms with Gasteiger partial charge in [-0.15, -0.1) is 0 Å². The Labute approximate surface area is 177 Å². The van der Waals surface area contributed by atoms with Crippen molar-refractivity contribution in [2.24, 2.45) is 5.73 Å². The summed E-state index contributed by atoms with van der Waals surface area (Å²) in [5.74, 6) is 2.34. The molecule has 1 atom stereocenters. The van der Waals surface area contributed by atoms with Crippen LogP contribution in [0.2, 0.25) is 0 Å². The van der Waals surface area contributed by atoms with Crippen LogP contribution in [0.5, 0.6) is 0 Å². The van der Waals surface area contributed by atoms with Crippen molar-refractivity contribution in [3.8, 4) is 11.8 Å². The fourth-order valence-corrected chi connectivity index (χ4v) is 3.29. The molecule has 9 heteroatoms. The van der Waals surface area contributed by atoms with Gasteiger partial charge in [0.1, 0.15) is 5.69 Å². The Morgan fingerprint density at radius 1 is 1.26 bits per heavy atom. The molecule has 1 aromatic carbocycles. The second kappa shape index (κ2) is 8.36. The number of likely N-dealkylation sites (N-methyl/N-ethyl adjacent to an activating group) is 1. The third kappa shape index (κ3) is 3.88. The molecule has 0 saturated carbocycles. The van der Waals surface area contributed by atoms with Crippen LogP contribution in [0.4, 0.5) is 19.3 Å². The van der Waals surface area contributed by atoms with Gasteiger partial charge in [0.15, 0.2) is 11.6 Å². The summed E-state index contributed by atoms with van der Waals surface area (Å²) >= 11 is 0. The molecule has 1 aromatic heterocycles. The Balaban J connectivity index is 1.98. The molecule has 0 unspecified atom stereocenters. The number of carbonyl (C=O) groups excluding carboxylic acids is 2. The van der Waals surface area contributed by atoms with Gasteiger partial charge in [0.25, 0.3) is 0 Å². The van der Waals surface area contributed by atoms with Gasteiger partial charge in [0.05, 0.1) is 12.0 Å². The first-order chi connectivity index (χ1) is 14.7. The number of nitrogens with one attached hydrogen (secondary N) is 1. The number of aromatic nitrogens is 1. The van der Waals surface area contributed by atoms with Crippen LogP contribution < -0.4 is 10.6 Å². The second-order valence-corrected chi connectivity index (χ2v) is 7.07. The number of hydrogen-bond donors (Lipinski definition) is 2. The maximum Gasteiger partial charge on any atom is 0.332 e. The molecule has 3 amide bonds. The van der Waals surface area contributed by atoms with Crippen LogP contribution in [0.25, 0.3) is 0 Å². The first-order valence-corrected chi connectivity index (χ1v) is 9.17. The van der Waals surface area contributed by atoms with Crippen molar-refractivity contribution in [3.63, 3.8) is 0 Å². The number of urea groups is 1. The summed E-state index contributed by atoms with van der Waals surface area (Å²) in [6, 6.07) is 4.34. The lowest BCUT2D eigenvalue weighted by Crippen LogP contribution is -2.62. The van der Waals surface area contributed by atoms with E-state index in [2.05, 4.69) is 16.8 Å². The number of benzene rings is 1. The summed E-state index contributed by atoms with van der Waals surface area (Å²) in [5, 5.41) is 7.48. The first-order valence-electron chi connectivity index (χ1n) is 9.17. The van der Waals surface area contributed by atoms with Gasteiger partial charge in [0, 0.05) is 48.6 Å². The molecule has 1 saturated heterocycles. The average molecular weight is 423 g/mol. The fraction of sp³-hybridized carbons (Fsp3) is 0.182. The van der Waals surface area contributed by atoms with Crippen LogP contribution in [-0.4, -0.2) is 40.6 Å². The molecular weight excluding hydrogens is 404 g/mol. The molecule has 3 rings (SSSR count). The number of hydrogen-bond acceptors (Lipinski definition) is 5. The highest BCUT2D eigenvalue weighted by Gasteiger charge is 2.48. The van der Waals surface area contributed by atoms with E-state index in [0.717, 1.165) is 29.4 Å². The van der Waals surface area contributed by atoms with Crippen molar-refractivity contribution in [2.75, 3.05) is 11.9 Å². The quantitative estimate of drug-likeness (QED) is 0.585. The molecular formula is C22H19F2N5O2. The van der Waals surface area contributed by atoms with Crippen molar-refractivity contribution >= 4 is 23.8 Å². The lowest BCUT2D eigenvalue weighted by atomic mass is 9.85. The summed E-state index contributed by atoms with van der Waals surface area (Å²) in [7, 11) is 1.37. The van der Waals surface area contributed by atoms with E-state index in [1.165, 1.54) is 13.2 Å². The van der Waals surface area contributed by atoms with Gasteiger partial charge in [-0.05, 0) is 31.2 Å². The summed E-state index contributed by atoms with van der Waals surface area (Å²) in [5.41, 5.74) is 4.34. The van der Waals surface area contributed by atoms with Gasteiger partial charge < -0.3 is 16.0 Å². The molecule has 1 fully saturated rings. The number of amides is 3. The lowest BCUT2D eigenvalue weighted by Gasteiger charge is -2.45. The summed E-state index contributed by atoms with van der Waals surface area (Å²) < 4.78 is 29.7. The lowest BCUT2D eigenvalue weighted by molar-refractivity contribution is -0.121. The minimum absolute atomic E-state index is 0.0369. The van der Waals surface area contributed by atoms with Crippen LogP contribution in [-0.2, 0) is 4.79 Å².